The number of hydrogen-bond acceptors (Lipinski definition) is 5. The van der Waals surface area contributed by atoms with Crippen LogP contribution in [-0.4, -0.2) is 28.1 Å². The first-order chi connectivity index (χ1) is 10.1. The first-order valence-corrected chi connectivity index (χ1v) is 7.93. The van der Waals surface area contributed by atoms with Crippen molar-refractivity contribution in [2.75, 3.05) is 6.54 Å². The average molecular weight is 306 g/mol. The lowest BCUT2D eigenvalue weighted by atomic mass is 9.80. The van der Waals surface area contributed by atoms with Crippen LogP contribution in [0.5, 0.6) is 0 Å². The minimum absolute atomic E-state index is 0.135. The van der Waals surface area contributed by atoms with Gasteiger partial charge in [0, 0.05) is 6.54 Å². The highest BCUT2D eigenvalue weighted by molar-refractivity contribution is 7.13. The molecule has 21 heavy (non-hydrogen) atoms. The van der Waals surface area contributed by atoms with Crippen LogP contribution in [0.15, 0.2) is 21.9 Å². The molecular formula is C15H18N2O3S. The van der Waals surface area contributed by atoms with Gasteiger partial charge in [0.1, 0.15) is 5.76 Å². The van der Waals surface area contributed by atoms with Gasteiger partial charge < -0.3 is 14.8 Å². The van der Waals surface area contributed by atoms with Crippen molar-refractivity contribution >= 4 is 17.2 Å². The number of aliphatic hydroxyl groups is 1. The lowest BCUT2D eigenvalue weighted by molar-refractivity contribution is -0.123. The van der Waals surface area contributed by atoms with Gasteiger partial charge in [0.25, 0.3) is 0 Å². The third-order valence-electron chi connectivity index (χ3n) is 3.85. The fourth-order valence-corrected chi connectivity index (χ4v) is 2.99. The summed E-state index contributed by atoms with van der Waals surface area (Å²) in [5.74, 6) is 1.09. The summed E-state index contributed by atoms with van der Waals surface area (Å²) in [7, 11) is 0. The Morgan fingerprint density at radius 1 is 1.57 bits per heavy atom. The molecule has 1 aliphatic carbocycles. The van der Waals surface area contributed by atoms with Crippen molar-refractivity contribution in [1.29, 1.82) is 0 Å². The molecule has 2 heterocycles. The first kappa shape index (κ1) is 14.3. The Morgan fingerprint density at radius 2 is 2.38 bits per heavy atom. The highest BCUT2D eigenvalue weighted by atomic mass is 32.1. The molecule has 0 aromatic carbocycles. The van der Waals surface area contributed by atoms with Crippen molar-refractivity contribution in [3.63, 3.8) is 0 Å². The van der Waals surface area contributed by atoms with Gasteiger partial charge in [-0.05, 0) is 37.6 Å². The van der Waals surface area contributed by atoms with Crippen molar-refractivity contribution in [1.82, 2.24) is 10.3 Å². The molecule has 0 atom stereocenters. The molecule has 0 unspecified atom stereocenters. The number of nitrogens with zero attached hydrogens (tertiary/aromatic N) is 1. The molecule has 1 aliphatic rings. The molecule has 2 aromatic rings. The van der Waals surface area contributed by atoms with Crippen LogP contribution >= 0.6 is 11.3 Å². The number of amides is 1. The summed E-state index contributed by atoms with van der Waals surface area (Å²) in [6.07, 6.45) is 2.73. The maximum absolute atomic E-state index is 11.9. The topological polar surface area (TPSA) is 75.4 Å². The molecule has 0 radical (unpaired) electrons. The molecule has 5 nitrogen and oxygen atoms in total. The van der Waals surface area contributed by atoms with E-state index in [4.69, 9.17) is 4.42 Å². The van der Waals surface area contributed by atoms with Crippen molar-refractivity contribution < 1.29 is 14.3 Å². The van der Waals surface area contributed by atoms with Gasteiger partial charge in [-0.3, -0.25) is 4.79 Å². The maximum Gasteiger partial charge on any atom is 0.236 e. The van der Waals surface area contributed by atoms with Crippen LogP contribution in [0.1, 0.15) is 30.7 Å². The minimum atomic E-state index is -0.698. The Morgan fingerprint density at radius 3 is 3.00 bits per heavy atom. The second-order valence-electron chi connectivity index (χ2n) is 5.53. The fraction of sp³-hybridized carbons (Fsp3) is 0.467. The van der Waals surface area contributed by atoms with Crippen molar-refractivity contribution in [2.45, 2.75) is 38.2 Å². The summed E-state index contributed by atoms with van der Waals surface area (Å²) in [6, 6.07) is 3.87. The van der Waals surface area contributed by atoms with Crippen molar-refractivity contribution in [3.8, 4) is 10.8 Å². The number of carbonyl (C=O) groups is 1. The SMILES string of the molecule is Cc1oc(-c2cccs2)nc1CC(=O)NCC1(O)CCC1. The van der Waals surface area contributed by atoms with Crippen LogP contribution in [0.4, 0.5) is 0 Å². The molecule has 0 bridgehead atoms. The summed E-state index contributed by atoms with van der Waals surface area (Å²) in [5.41, 5.74) is -0.0482. The fourth-order valence-electron chi connectivity index (χ4n) is 2.34. The number of rotatable bonds is 5. The van der Waals surface area contributed by atoms with Gasteiger partial charge in [-0.2, -0.15) is 0 Å². The second-order valence-corrected chi connectivity index (χ2v) is 6.48. The highest BCUT2D eigenvalue weighted by Gasteiger charge is 2.34. The normalized spacial score (nSPS) is 16.5. The number of oxazole rings is 1. The number of carbonyl (C=O) groups excluding carboxylic acids is 1. The number of nitrogens with one attached hydrogen (secondary N) is 1. The predicted octanol–water partition coefficient (Wildman–Crippen LogP) is 2.29. The highest BCUT2D eigenvalue weighted by Crippen LogP contribution is 2.30. The zero-order chi connectivity index (χ0) is 14.9. The zero-order valence-electron chi connectivity index (χ0n) is 11.9. The Bertz CT molecular complexity index is 629. The van der Waals surface area contributed by atoms with E-state index in [0.717, 1.165) is 24.1 Å². The Labute approximate surface area is 127 Å². The van der Waals surface area contributed by atoms with E-state index in [1.165, 1.54) is 0 Å². The molecule has 1 fully saturated rings. The van der Waals surface area contributed by atoms with Crippen LogP contribution in [0.3, 0.4) is 0 Å². The van der Waals surface area contributed by atoms with E-state index >= 15 is 0 Å². The molecule has 2 N–H and O–H groups in total. The van der Waals surface area contributed by atoms with Crippen molar-refractivity contribution in [3.05, 3.63) is 29.0 Å². The molecule has 1 amide bonds. The van der Waals surface area contributed by atoms with E-state index in [0.29, 0.717) is 23.9 Å². The van der Waals surface area contributed by atoms with Crippen LogP contribution in [-0.2, 0) is 11.2 Å². The van der Waals surface area contributed by atoms with E-state index in [1.807, 2.05) is 24.4 Å². The van der Waals surface area contributed by atoms with Gasteiger partial charge in [-0.25, -0.2) is 4.98 Å². The number of hydrogen-bond donors (Lipinski definition) is 2. The van der Waals surface area contributed by atoms with Crippen LogP contribution in [0, 0.1) is 6.92 Å². The van der Waals surface area contributed by atoms with Gasteiger partial charge in [-0.1, -0.05) is 6.07 Å². The Kier molecular flexibility index (Phi) is 3.82. The van der Waals surface area contributed by atoms with Gasteiger partial charge in [-0.15, -0.1) is 11.3 Å². The standard InChI is InChI=1S/C15H18N2O3S/c1-10-11(17-14(20-10)12-4-2-7-21-12)8-13(18)16-9-15(19)5-3-6-15/h2,4,7,19H,3,5-6,8-9H2,1H3,(H,16,18). The summed E-state index contributed by atoms with van der Waals surface area (Å²) in [6.45, 7) is 2.13. The molecule has 6 heteroatoms. The Balaban J connectivity index is 1.60. The molecule has 0 saturated heterocycles. The van der Waals surface area contributed by atoms with Gasteiger partial charge >= 0.3 is 0 Å². The van der Waals surface area contributed by atoms with E-state index in [-0.39, 0.29) is 12.3 Å². The van der Waals surface area contributed by atoms with Gasteiger partial charge in [0.2, 0.25) is 11.8 Å². The molecule has 0 aliphatic heterocycles. The average Bonchev–Trinajstić information content (AvgIpc) is 3.05. The lowest BCUT2D eigenvalue weighted by Gasteiger charge is -2.36. The molecule has 3 rings (SSSR count). The summed E-state index contributed by atoms with van der Waals surface area (Å²) < 4.78 is 5.61. The molecule has 1 saturated carbocycles. The predicted molar refractivity (Wildman–Crippen MR) is 80.1 cm³/mol. The third kappa shape index (κ3) is 3.16. The zero-order valence-corrected chi connectivity index (χ0v) is 12.7. The Hall–Kier alpha value is -1.66. The number of aromatic nitrogens is 1. The molecule has 112 valence electrons. The van der Waals surface area contributed by atoms with Crippen molar-refractivity contribution in [2.24, 2.45) is 0 Å². The number of aryl methyl sites for hydroxylation is 1. The lowest BCUT2D eigenvalue weighted by Crippen LogP contribution is -2.48. The minimum Gasteiger partial charge on any atom is -0.440 e. The quantitative estimate of drug-likeness (QED) is 0.888. The maximum atomic E-state index is 11.9. The van der Waals surface area contributed by atoms with Crippen LogP contribution < -0.4 is 5.32 Å². The van der Waals surface area contributed by atoms with Gasteiger partial charge in [0.05, 0.1) is 22.6 Å². The monoisotopic (exact) mass is 306 g/mol. The van der Waals surface area contributed by atoms with E-state index in [2.05, 4.69) is 10.3 Å². The van der Waals surface area contributed by atoms with Crippen LogP contribution in [0.25, 0.3) is 10.8 Å². The third-order valence-corrected chi connectivity index (χ3v) is 4.71. The molecule has 0 spiro atoms. The summed E-state index contributed by atoms with van der Waals surface area (Å²) >= 11 is 1.55. The van der Waals surface area contributed by atoms with E-state index in [1.54, 1.807) is 11.3 Å². The van der Waals surface area contributed by atoms with Gasteiger partial charge in [0.15, 0.2) is 0 Å². The number of thiophene rings is 1. The van der Waals surface area contributed by atoms with E-state index < -0.39 is 5.60 Å². The second kappa shape index (κ2) is 5.61. The first-order valence-electron chi connectivity index (χ1n) is 7.05. The molecule has 2 aromatic heterocycles. The summed E-state index contributed by atoms with van der Waals surface area (Å²) in [4.78, 5) is 17.3. The van der Waals surface area contributed by atoms with E-state index in [9.17, 15) is 9.90 Å². The molecular weight excluding hydrogens is 288 g/mol. The smallest absolute Gasteiger partial charge is 0.236 e. The summed E-state index contributed by atoms with van der Waals surface area (Å²) in [5, 5.41) is 14.7. The van der Waals surface area contributed by atoms with Crippen LogP contribution in [0.2, 0.25) is 0 Å². The largest absolute Gasteiger partial charge is 0.440 e.